The van der Waals surface area contributed by atoms with Crippen LogP contribution in [0.4, 0.5) is 0 Å². The molecule has 4 nitrogen and oxygen atoms in total. The fourth-order valence-corrected chi connectivity index (χ4v) is 3.26. The lowest BCUT2D eigenvalue weighted by molar-refractivity contribution is 0.0741. The Morgan fingerprint density at radius 3 is 2.36 bits per heavy atom. The molecule has 1 aliphatic heterocycles. The first-order valence-electron chi connectivity index (χ1n) is 7.45. The maximum absolute atomic E-state index is 12.6. The molecule has 1 fully saturated rings. The van der Waals surface area contributed by atoms with Gasteiger partial charge < -0.3 is 15.1 Å². The van der Waals surface area contributed by atoms with Crippen molar-refractivity contribution in [2.24, 2.45) is 0 Å². The largest absolute Gasteiger partial charge is 0.508 e. The van der Waals surface area contributed by atoms with Crippen molar-refractivity contribution in [2.75, 3.05) is 6.54 Å². The smallest absolute Gasteiger partial charge is 0.254 e. The van der Waals surface area contributed by atoms with E-state index in [0.29, 0.717) is 18.0 Å². The lowest BCUT2D eigenvalue weighted by atomic mass is 9.93. The van der Waals surface area contributed by atoms with Crippen molar-refractivity contribution in [2.45, 2.75) is 25.3 Å². The molecule has 0 radical (unpaired) electrons. The number of aromatic hydroxyl groups is 2. The van der Waals surface area contributed by atoms with Crippen LogP contribution in [0.15, 0.2) is 48.5 Å². The van der Waals surface area contributed by atoms with Gasteiger partial charge in [-0.15, -0.1) is 0 Å². The highest BCUT2D eigenvalue weighted by molar-refractivity contribution is 5.95. The summed E-state index contributed by atoms with van der Waals surface area (Å²) in [6, 6.07) is 14.3. The Balaban J connectivity index is 1.83. The highest BCUT2D eigenvalue weighted by atomic mass is 16.3. The van der Waals surface area contributed by atoms with Gasteiger partial charge in [-0.25, -0.2) is 0 Å². The van der Waals surface area contributed by atoms with E-state index in [4.69, 9.17) is 0 Å². The minimum Gasteiger partial charge on any atom is -0.508 e. The van der Waals surface area contributed by atoms with Crippen molar-refractivity contribution in [1.82, 2.24) is 4.90 Å². The van der Waals surface area contributed by atoms with Crippen molar-refractivity contribution in [3.8, 4) is 11.5 Å². The Morgan fingerprint density at radius 2 is 1.73 bits per heavy atom. The molecular weight excluding hydrogens is 278 g/mol. The number of nitrogens with zero attached hydrogens (tertiary/aromatic N) is 1. The van der Waals surface area contributed by atoms with Gasteiger partial charge in [0.1, 0.15) is 11.5 Å². The SMILES string of the molecule is CC1C(c2ccccc2)CCN1C(=O)c1cc(O)cc(O)c1. The van der Waals surface area contributed by atoms with Crippen LogP contribution in [0.1, 0.15) is 35.2 Å². The Morgan fingerprint density at radius 1 is 1.09 bits per heavy atom. The number of benzene rings is 2. The monoisotopic (exact) mass is 297 g/mol. The highest BCUT2D eigenvalue weighted by Crippen LogP contribution is 2.34. The van der Waals surface area contributed by atoms with E-state index in [1.54, 1.807) is 0 Å². The molecule has 1 aliphatic rings. The minimum absolute atomic E-state index is 0.0828. The van der Waals surface area contributed by atoms with Crippen LogP contribution in [0.5, 0.6) is 11.5 Å². The van der Waals surface area contributed by atoms with Gasteiger partial charge in [-0.3, -0.25) is 4.79 Å². The van der Waals surface area contributed by atoms with E-state index in [2.05, 4.69) is 12.1 Å². The Kier molecular flexibility index (Phi) is 3.75. The summed E-state index contributed by atoms with van der Waals surface area (Å²) in [4.78, 5) is 14.5. The number of carbonyl (C=O) groups excluding carboxylic acids is 1. The molecule has 1 amide bonds. The molecule has 0 bridgehead atoms. The first-order chi connectivity index (χ1) is 10.6. The van der Waals surface area contributed by atoms with Crippen molar-refractivity contribution in [1.29, 1.82) is 0 Å². The number of carbonyl (C=O) groups is 1. The van der Waals surface area contributed by atoms with Gasteiger partial charge in [-0.05, 0) is 31.0 Å². The molecule has 3 rings (SSSR count). The van der Waals surface area contributed by atoms with E-state index < -0.39 is 0 Å². The van der Waals surface area contributed by atoms with E-state index in [9.17, 15) is 15.0 Å². The summed E-state index contributed by atoms with van der Waals surface area (Å²) in [5.41, 5.74) is 1.56. The standard InChI is InChI=1S/C18H19NO3/c1-12-17(13-5-3-2-4-6-13)7-8-19(12)18(22)14-9-15(20)11-16(21)10-14/h2-6,9-12,17,20-21H,7-8H2,1H3. The zero-order valence-electron chi connectivity index (χ0n) is 12.4. The van der Waals surface area contributed by atoms with Crippen LogP contribution < -0.4 is 0 Å². The zero-order chi connectivity index (χ0) is 15.7. The topological polar surface area (TPSA) is 60.8 Å². The fourth-order valence-electron chi connectivity index (χ4n) is 3.26. The molecule has 0 aliphatic carbocycles. The molecule has 0 spiro atoms. The van der Waals surface area contributed by atoms with Gasteiger partial charge in [-0.2, -0.15) is 0 Å². The maximum atomic E-state index is 12.6. The maximum Gasteiger partial charge on any atom is 0.254 e. The van der Waals surface area contributed by atoms with Crippen LogP contribution in [0.2, 0.25) is 0 Å². The van der Waals surface area contributed by atoms with Crippen molar-refractivity contribution >= 4 is 5.91 Å². The van der Waals surface area contributed by atoms with E-state index in [1.165, 1.54) is 23.8 Å². The van der Waals surface area contributed by atoms with Gasteiger partial charge >= 0.3 is 0 Å². The molecule has 1 saturated heterocycles. The van der Waals surface area contributed by atoms with E-state index in [1.807, 2.05) is 30.0 Å². The molecule has 2 aromatic carbocycles. The van der Waals surface area contributed by atoms with Crippen LogP contribution in [0.25, 0.3) is 0 Å². The molecule has 4 heteroatoms. The van der Waals surface area contributed by atoms with E-state index in [0.717, 1.165) is 6.42 Å². The Bertz CT molecular complexity index is 664. The highest BCUT2D eigenvalue weighted by Gasteiger charge is 2.35. The normalized spacial score (nSPS) is 21.0. The quantitative estimate of drug-likeness (QED) is 0.895. The predicted molar refractivity (Wildman–Crippen MR) is 84.1 cm³/mol. The third-order valence-electron chi connectivity index (χ3n) is 4.39. The summed E-state index contributed by atoms with van der Waals surface area (Å²) >= 11 is 0. The molecule has 2 unspecified atom stereocenters. The lowest BCUT2D eigenvalue weighted by Crippen LogP contribution is -2.35. The van der Waals surface area contributed by atoms with Gasteiger partial charge in [-0.1, -0.05) is 30.3 Å². The second kappa shape index (κ2) is 5.72. The first kappa shape index (κ1) is 14.4. The van der Waals surface area contributed by atoms with Crippen molar-refractivity contribution < 1.29 is 15.0 Å². The van der Waals surface area contributed by atoms with Crippen LogP contribution in [0.3, 0.4) is 0 Å². The first-order valence-corrected chi connectivity index (χ1v) is 7.45. The van der Waals surface area contributed by atoms with Gasteiger partial charge in [0.05, 0.1) is 0 Å². The summed E-state index contributed by atoms with van der Waals surface area (Å²) in [6.07, 6.45) is 0.918. The molecule has 22 heavy (non-hydrogen) atoms. The fraction of sp³-hybridized carbons (Fsp3) is 0.278. The molecule has 0 saturated carbocycles. The van der Waals surface area contributed by atoms with Gasteiger partial charge in [0.15, 0.2) is 0 Å². The number of hydrogen-bond acceptors (Lipinski definition) is 3. The zero-order valence-corrected chi connectivity index (χ0v) is 12.4. The van der Waals surface area contributed by atoms with E-state index >= 15 is 0 Å². The minimum atomic E-state index is -0.155. The second-order valence-electron chi connectivity index (χ2n) is 5.78. The summed E-state index contributed by atoms with van der Waals surface area (Å²) < 4.78 is 0. The van der Waals surface area contributed by atoms with Gasteiger partial charge in [0, 0.05) is 30.1 Å². The van der Waals surface area contributed by atoms with Crippen molar-refractivity contribution in [3.63, 3.8) is 0 Å². The van der Waals surface area contributed by atoms with Crippen LogP contribution in [-0.4, -0.2) is 33.6 Å². The molecule has 114 valence electrons. The third-order valence-corrected chi connectivity index (χ3v) is 4.39. The van der Waals surface area contributed by atoms with E-state index in [-0.39, 0.29) is 23.4 Å². The van der Waals surface area contributed by atoms with Crippen LogP contribution >= 0.6 is 0 Å². The molecular formula is C18H19NO3. The third kappa shape index (κ3) is 2.64. The molecule has 2 atom stereocenters. The number of likely N-dealkylation sites (tertiary alicyclic amines) is 1. The summed E-state index contributed by atoms with van der Waals surface area (Å²) in [6.45, 7) is 2.72. The molecule has 1 heterocycles. The van der Waals surface area contributed by atoms with Crippen LogP contribution in [-0.2, 0) is 0 Å². The molecule has 0 aromatic heterocycles. The molecule has 2 N–H and O–H groups in total. The Labute approximate surface area is 129 Å². The van der Waals surface area contributed by atoms with Crippen molar-refractivity contribution in [3.05, 3.63) is 59.7 Å². The summed E-state index contributed by atoms with van der Waals surface area (Å²) in [7, 11) is 0. The lowest BCUT2D eigenvalue weighted by Gasteiger charge is -2.25. The summed E-state index contributed by atoms with van der Waals surface area (Å²) in [5, 5.41) is 19.1. The number of phenols is 2. The number of amides is 1. The molecule has 2 aromatic rings. The van der Waals surface area contributed by atoms with Crippen LogP contribution in [0, 0.1) is 0 Å². The summed E-state index contributed by atoms with van der Waals surface area (Å²) in [5.74, 6) is -0.0437. The average Bonchev–Trinajstić information content (AvgIpc) is 2.88. The number of hydrogen-bond donors (Lipinski definition) is 2. The number of phenolic OH excluding ortho intramolecular Hbond substituents is 2. The Hall–Kier alpha value is -2.49. The average molecular weight is 297 g/mol. The number of rotatable bonds is 2. The van der Waals surface area contributed by atoms with Gasteiger partial charge in [0.2, 0.25) is 0 Å². The predicted octanol–water partition coefficient (Wildman–Crippen LogP) is 3.12. The van der Waals surface area contributed by atoms with Gasteiger partial charge in [0.25, 0.3) is 5.91 Å². The second-order valence-corrected chi connectivity index (χ2v) is 5.78.